The van der Waals surface area contributed by atoms with Crippen molar-refractivity contribution >= 4 is 35.0 Å². The summed E-state index contributed by atoms with van der Waals surface area (Å²) >= 11 is 5.61. The second-order valence-electron chi connectivity index (χ2n) is 5.71. The fourth-order valence-corrected chi connectivity index (χ4v) is 2.65. The van der Waals surface area contributed by atoms with E-state index in [0.29, 0.717) is 23.4 Å². The van der Waals surface area contributed by atoms with E-state index < -0.39 is 17.8 Å². The van der Waals surface area contributed by atoms with Crippen LogP contribution >= 0.6 is 11.6 Å². The van der Waals surface area contributed by atoms with Gasteiger partial charge in [-0.05, 0) is 42.3 Å². The Balaban J connectivity index is 1.78. The maximum Gasteiger partial charge on any atom is 0.414 e. The van der Waals surface area contributed by atoms with E-state index in [2.05, 4.69) is 5.32 Å². The highest BCUT2D eigenvalue weighted by molar-refractivity contribution is 6.28. The van der Waals surface area contributed by atoms with Crippen LogP contribution in [0.2, 0.25) is 5.15 Å². The number of amides is 2. The van der Waals surface area contributed by atoms with Crippen LogP contribution in [0.4, 0.5) is 20.6 Å². The molecule has 1 fully saturated rings. The zero-order valence-electron chi connectivity index (χ0n) is 13.7. The van der Waals surface area contributed by atoms with E-state index >= 15 is 0 Å². The van der Waals surface area contributed by atoms with Gasteiger partial charge in [0.05, 0.1) is 17.8 Å². The Bertz CT molecular complexity index is 877. The standard InChI is InChI=1S/C17H15ClFN3O4/c1-2-12-9-21(17(24)26-12)11-4-5-13(14(19)7-11)16(23)20-10-3-6-15(18)22(25)8-10/h3-8,12H,2,9H2,1H3,(H,20,23)/t12-/m0/s1. The first-order valence-corrected chi connectivity index (χ1v) is 8.24. The molecule has 1 aromatic carbocycles. The van der Waals surface area contributed by atoms with Crippen LogP contribution in [0.15, 0.2) is 36.5 Å². The van der Waals surface area contributed by atoms with E-state index in [-0.39, 0.29) is 22.5 Å². The quantitative estimate of drug-likeness (QED) is 0.502. The van der Waals surface area contributed by atoms with Crippen molar-refractivity contribution in [3.05, 3.63) is 58.3 Å². The maximum absolute atomic E-state index is 14.4. The first-order chi connectivity index (χ1) is 12.4. The molecule has 0 aliphatic carbocycles. The second kappa shape index (κ2) is 7.17. The smallest absolute Gasteiger partial charge is 0.414 e. The predicted molar refractivity (Wildman–Crippen MR) is 92.7 cm³/mol. The summed E-state index contributed by atoms with van der Waals surface area (Å²) < 4.78 is 19.9. The van der Waals surface area contributed by atoms with Crippen LogP contribution in [0.25, 0.3) is 0 Å². The Morgan fingerprint density at radius 2 is 2.23 bits per heavy atom. The van der Waals surface area contributed by atoms with Crippen molar-refractivity contribution in [2.45, 2.75) is 19.4 Å². The van der Waals surface area contributed by atoms with E-state index in [1.54, 1.807) is 0 Å². The number of carbonyl (C=O) groups excluding carboxylic acids is 2. The summed E-state index contributed by atoms with van der Waals surface area (Å²) in [4.78, 5) is 25.4. The molecule has 1 aliphatic heterocycles. The van der Waals surface area contributed by atoms with Gasteiger partial charge in [0.2, 0.25) is 6.20 Å². The highest BCUT2D eigenvalue weighted by atomic mass is 35.5. The fraction of sp³-hybridized carbons (Fsp3) is 0.235. The van der Waals surface area contributed by atoms with E-state index in [0.717, 1.165) is 12.3 Å². The molecule has 2 aromatic rings. The molecular weight excluding hydrogens is 365 g/mol. The molecule has 0 saturated carbocycles. The number of ether oxygens (including phenoxy) is 1. The van der Waals surface area contributed by atoms with E-state index in [9.17, 15) is 19.2 Å². The van der Waals surface area contributed by atoms with Gasteiger partial charge in [0.1, 0.15) is 17.6 Å². The molecular formula is C17H15ClFN3O4. The van der Waals surface area contributed by atoms with E-state index in [4.69, 9.17) is 16.3 Å². The number of hydrogen-bond donors (Lipinski definition) is 1. The van der Waals surface area contributed by atoms with Crippen molar-refractivity contribution in [1.82, 2.24) is 0 Å². The number of cyclic esters (lactones) is 1. The number of halogens is 2. The number of hydrogen-bond acceptors (Lipinski definition) is 4. The molecule has 1 N–H and O–H groups in total. The summed E-state index contributed by atoms with van der Waals surface area (Å²) in [5.41, 5.74) is 0.261. The van der Waals surface area contributed by atoms with Gasteiger partial charge >= 0.3 is 6.09 Å². The molecule has 9 heteroatoms. The molecule has 0 bridgehead atoms. The molecule has 2 heterocycles. The number of benzene rings is 1. The normalized spacial score (nSPS) is 16.5. The van der Waals surface area contributed by atoms with Crippen LogP contribution < -0.4 is 14.9 Å². The van der Waals surface area contributed by atoms with Gasteiger partial charge in [0.15, 0.2) is 0 Å². The molecule has 3 rings (SSSR count). The largest absolute Gasteiger partial charge is 0.618 e. The predicted octanol–water partition coefficient (Wildman–Crippen LogP) is 3.10. The Labute approximate surface area is 153 Å². The lowest BCUT2D eigenvalue weighted by molar-refractivity contribution is -0.602. The van der Waals surface area contributed by atoms with Gasteiger partial charge in [0.25, 0.3) is 11.1 Å². The summed E-state index contributed by atoms with van der Waals surface area (Å²) in [6, 6.07) is 6.57. The molecule has 1 aromatic heterocycles. The zero-order valence-corrected chi connectivity index (χ0v) is 14.5. The summed E-state index contributed by atoms with van der Waals surface area (Å²) in [6.07, 6.45) is 0.941. The third-order valence-electron chi connectivity index (χ3n) is 3.96. The van der Waals surface area contributed by atoms with Crippen LogP contribution in [0.1, 0.15) is 23.7 Å². The molecule has 0 unspecified atom stereocenters. The highest BCUT2D eigenvalue weighted by Crippen LogP contribution is 2.25. The SMILES string of the molecule is CC[C@H]1CN(c2ccc(C(=O)Nc3ccc(Cl)[n+]([O-])c3)c(F)c2)C(=O)O1. The van der Waals surface area contributed by atoms with Crippen LogP contribution in [0, 0.1) is 11.0 Å². The molecule has 7 nitrogen and oxygen atoms in total. The second-order valence-corrected chi connectivity index (χ2v) is 6.10. The Kier molecular flexibility index (Phi) is 4.94. The highest BCUT2D eigenvalue weighted by Gasteiger charge is 2.31. The zero-order chi connectivity index (χ0) is 18.8. The summed E-state index contributed by atoms with van der Waals surface area (Å²) in [6.45, 7) is 2.21. The number of pyridine rings is 1. The first-order valence-electron chi connectivity index (χ1n) is 7.86. The fourth-order valence-electron chi connectivity index (χ4n) is 2.54. The molecule has 0 radical (unpaired) electrons. The van der Waals surface area contributed by atoms with Gasteiger partial charge in [-0.1, -0.05) is 6.92 Å². The molecule has 1 aliphatic rings. The van der Waals surface area contributed by atoms with Crippen molar-refractivity contribution < 1.29 is 23.4 Å². The molecule has 136 valence electrons. The topological polar surface area (TPSA) is 85.6 Å². The summed E-state index contributed by atoms with van der Waals surface area (Å²) in [5.74, 6) is -1.52. The van der Waals surface area contributed by atoms with Crippen LogP contribution in [-0.2, 0) is 4.74 Å². The summed E-state index contributed by atoms with van der Waals surface area (Å²) in [5, 5.41) is 13.8. The average Bonchev–Trinajstić information content (AvgIpc) is 2.99. The molecule has 0 spiro atoms. The number of aromatic nitrogens is 1. The van der Waals surface area contributed by atoms with Crippen LogP contribution in [-0.4, -0.2) is 24.6 Å². The van der Waals surface area contributed by atoms with E-state index in [1.165, 1.54) is 29.2 Å². The van der Waals surface area contributed by atoms with Gasteiger partial charge in [-0.3, -0.25) is 9.69 Å². The number of nitrogens with one attached hydrogen (secondary N) is 1. The monoisotopic (exact) mass is 379 g/mol. The first kappa shape index (κ1) is 17.9. The number of carbonyl (C=O) groups is 2. The summed E-state index contributed by atoms with van der Waals surface area (Å²) in [7, 11) is 0. The Hall–Kier alpha value is -2.87. The van der Waals surface area contributed by atoms with Crippen molar-refractivity contribution in [3.8, 4) is 0 Å². The van der Waals surface area contributed by atoms with Crippen LogP contribution in [0.3, 0.4) is 0 Å². The van der Waals surface area contributed by atoms with Gasteiger partial charge in [-0.25, -0.2) is 9.18 Å². The third-order valence-corrected chi connectivity index (χ3v) is 4.26. The lowest BCUT2D eigenvalue weighted by atomic mass is 10.1. The van der Waals surface area contributed by atoms with Crippen LogP contribution in [0.5, 0.6) is 0 Å². The number of nitrogens with zero attached hydrogens (tertiary/aromatic N) is 2. The Morgan fingerprint density at radius 3 is 2.85 bits per heavy atom. The average molecular weight is 380 g/mol. The minimum absolute atomic E-state index is 0.0542. The van der Waals surface area contributed by atoms with E-state index in [1.807, 2.05) is 6.92 Å². The number of anilines is 2. The van der Waals surface area contributed by atoms with Gasteiger partial charge in [-0.2, -0.15) is 4.73 Å². The van der Waals surface area contributed by atoms with Gasteiger partial charge in [0, 0.05) is 6.07 Å². The minimum Gasteiger partial charge on any atom is -0.618 e. The lowest BCUT2D eigenvalue weighted by Gasteiger charge is -2.14. The van der Waals surface area contributed by atoms with Crippen molar-refractivity contribution in [1.29, 1.82) is 0 Å². The third kappa shape index (κ3) is 3.55. The number of rotatable bonds is 4. The van der Waals surface area contributed by atoms with Crippen molar-refractivity contribution in [2.24, 2.45) is 0 Å². The molecule has 1 saturated heterocycles. The Morgan fingerprint density at radius 1 is 1.46 bits per heavy atom. The van der Waals surface area contributed by atoms with Crippen molar-refractivity contribution in [2.75, 3.05) is 16.8 Å². The van der Waals surface area contributed by atoms with Crippen molar-refractivity contribution in [3.63, 3.8) is 0 Å². The lowest BCUT2D eigenvalue weighted by Crippen LogP contribution is -2.28. The van der Waals surface area contributed by atoms with Gasteiger partial charge < -0.3 is 15.3 Å². The molecule has 26 heavy (non-hydrogen) atoms. The molecule has 1 atom stereocenters. The minimum atomic E-state index is -0.795. The maximum atomic E-state index is 14.4. The molecule has 2 amide bonds. The van der Waals surface area contributed by atoms with Gasteiger partial charge in [-0.15, -0.1) is 0 Å².